The highest BCUT2D eigenvalue weighted by Gasteiger charge is 2.28. The Bertz CT molecular complexity index is 417. The van der Waals surface area contributed by atoms with Gasteiger partial charge < -0.3 is 5.11 Å². The number of hydrazine groups is 1. The molecule has 0 saturated heterocycles. The summed E-state index contributed by atoms with van der Waals surface area (Å²) < 4.78 is 1.03. The SMILES string of the molecule is CSc1sc(C(=O)NN)c2c1[C@@H](O)CCC2. The number of carbonyl (C=O) groups excluding carboxylic acids is 1. The molecule has 6 heteroatoms. The van der Waals surface area contributed by atoms with E-state index in [1.54, 1.807) is 11.8 Å². The number of nitrogens with two attached hydrogens (primary N) is 1. The van der Waals surface area contributed by atoms with E-state index in [9.17, 15) is 9.90 Å². The molecule has 1 aromatic rings. The molecule has 0 unspecified atom stereocenters. The van der Waals surface area contributed by atoms with Crippen molar-refractivity contribution in [1.29, 1.82) is 0 Å². The summed E-state index contributed by atoms with van der Waals surface area (Å²) in [7, 11) is 0. The van der Waals surface area contributed by atoms with Gasteiger partial charge in [-0.3, -0.25) is 10.2 Å². The number of aliphatic hydroxyl groups is 1. The Kier molecular flexibility index (Phi) is 3.53. The Morgan fingerprint density at radius 3 is 3.06 bits per heavy atom. The monoisotopic (exact) mass is 258 g/mol. The average Bonchev–Trinajstić information content (AvgIpc) is 2.68. The number of nitrogen functional groups attached to an aromatic ring is 1. The van der Waals surface area contributed by atoms with Gasteiger partial charge in [-0.15, -0.1) is 23.1 Å². The van der Waals surface area contributed by atoms with Gasteiger partial charge >= 0.3 is 0 Å². The van der Waals surface area contributed by atoms with Crippen molar-refractivity contribution in [2.45, 2.75) is 29.6 Å². The Hall–Kier alpha value is -0.560. The Labute approximate surface area is 102 Å². The topological polar surface area (TPSA) is 75.4 Å². The summed E-state index contributed by atoms with van der Waals surface area (Å²) in [6.07, 6.45) is 4.08. The van der Waals surface area contributed by atoms with Crippen LogP contribution in [0.15, 0.2) is 4.21 Å². The summed E-state index contributed by atoms with van der Waals surface area (Å²) in [4.78, 5) is 12.3. The van der Waals surface area contributed by atoms with Crippen LogP contribution in [0.2, 0.25) is 0 Å². The van der Waals surface area contributed by atoms with Gasteiger partial charge in [-0.1, -0.05) is 0 Å². The Morgan fingerprint density at radius 1 is 1.69 bits per heavy atom. The first-order valence-electron chi connectivity index (χ1n) is 5.07. The molecule has 1 amide bonds. The highest BCUT2D eigenvalue weighted by molar-refractivity contribution is 8.00. The summed E-state index contributed by atoms with van der Waals surface area (Å²) >= 11 is 3.00. The number of nitrogens with one attached hydrogen (secondary N) is 1. The second-order valence-electron chi connectivity index (χ2n) is 3.70. The van der Waals surface area contributed by atoms with E-state index in [2.05, 4.69) is 5.43 Å². The van der Waals surface area contributed by atoms with Crippen molar-refractivity contribution >= 4 is 29.0 Å². The molecular formula is C10H14N2O2S2. The van der Waals surface area contributed by atoms with Crippen molar-refractivity contribution in [1.82, 2.24) is 5.43 Å². The quantitative estimate of drug-likeness (QED) is 0.325. The normalized spacial score (nSPS) is 19.3. The van der Waals surface area contributed by atoms with Crippen molar-refractivity contribution in [3.8, 4) is 0 Å². The summed E-state index contributed by atoms with van der Waals surface area (Å²) in [5, 5.41) is 9.97. The first kappa shape index (κ1) is 11.9. The zero-order chi connectivity index (χ0) is 11.7. The molecule has 0 spiro atoms. The first-order valence-corrected chi connectivity index (χ1v) is 7.11. The Morgan fingerprint density at radius 2 is 2.44 bits per heavy atom. The lowest BCUT2D eigenvalue weighted by Crippen LogP contribution is -2.30. The zero-order valence-corrected chi connectivity index (χ0v) is 10.6. The van der Waals surface area contributed by atoms with Crippen LogP contribution in [-0.4, -0.2) is 17.3 Å². The number of thioether (sulfide) groups is 1. The molecule has 4 nitrogen and oxygen atoms in total. The van der Waals surface area contributed by atoms with Crippen LogP contribution in [0, 0.1) is 0 Å². The van der Waals surface area contributed by atoms with E-state index < -0.39 is 6.10 Å². The minimum Gasteiger partial charge on any atom is -0.388 e. The molecule has 1 aromatic heterocycles. The molecule has 16 heavy (non-hydrogen) atoms. The third-order valence-corrected chi connectivity index (χ3v) is 5.16. The molecule has 2 rings (SSSR count). The van der Waals surface area contributed by atoms with Crippen LogP contribution < -0.4 is 11.3 Å². The third-order valence-electron chi connectivity index (χ3n) is 2.77. The molecule has 1 aliphatic carbocycles. The number of hydrogen-bond acceptors (Lipinski definition) is 5. The van der Waals surface area contributed by atoms with Crippen LogP contribution >= 0.6 is 23.1 Å². The van der Waals surface area contributed by atoms with Crippen LogP contribution in [0.1, 0.15) is 39.7 Å². The lowest BCUT2D eigenvalue weighted by atomic mass is 9.91. The van der Waals surface area contributed by atoms with Gasteiger partial charge in [0.15, 0.2) is 0 Å². The maximum absolute atomic E-state index is 11.6. The van der Waals surface area contributed by atoms with E-state index in [1.165, 1.54) is 11.3 Å². The first-order chi connectivity index (χ1) is 7.69. The second kappa shape index (κ2) is 4.75. The number of hydrogen-bond donors (Lipinski definition) is 3. The lowest BCUT2D eigenvalue weighted by Gasteiger charge is -2.19. The highest BCUT2D eigenvalue weighted by Crippen LogP contribution is 2.43. The maximum atomic E-state index is 11.6. The predicted molar refractivity (Wildman–Crippen MR) is 65.7 cm³/mol. The van der Waals surface area contributed by atoms with E-state index in [0.717, 1.165) is 34.6 Å². The Balaban J connectivity index is 2.52. The standard InChI is InChI=1S/C10H14N2O2S2/c1-15-10-7-5(3-2-4-6(7)13)8(16-10)9(14)12-11/h6,13H,2-4,11H2,1H3,(H,12,14)/t6-/m0/s1. The second-order valence-corrected chi connectivity index (χ2v) is 5.79. The maximum Gasteiger partial charge on any atom is 0.275 e. The lowest BCUT2D eigenvalue weighted by molar-refractivity contribution is 0.0956. The van der Waals surface area contributed by atoms with E-state index >= 15 is 0 Å². The van der Waals surface area contributed by atoms with Gasteiger partial charge in [0.1, 0.15) is 0 Å². The molecule has 0 fully saturated rings. The van der Waals surface area contributed by atoms with Gasteiger partial charge in [0.2, 0.25) is 0 Å². The summed E-state index contributed by atoms with van der Waals surface area (Å²) in [5.74, 6) is 4.91. The van der Waals surface area contributed by atoms with Gasteiger partial charge in [0.25, 0.3) is 5.91 Å². The van der Waals surface area contributed by atoms with Gasteiger partial charge in [-0.25, -0.2) is 5.84 Å². The third kappa shape index (κ3) is 1.86. The van der Waals surface area contributed by atoms with Gasteiger partial charge in [0, 0.05) is 5.56 Å². The van der Waals surface area contributed by atoms with Crippen LogP contribution in [0.3, 0.4) is 0 Å². The fraction of sp³-hybridized carbons (Fsp3) is 0.500. The molecule has 0 bridgehead atoms. The van der Waals surface area contributed by atoms with E-state index in [1.807, 2.05) is 6.26 Å². The molecule has 4 N–H and O–H groups in total. The largest absolute Gasteiger partial charge is 0.388 e. The van der Waals surface area contributed by atoms with E-state index in [4.69, 9.17) is 5.84 Å². The summed E-state index contributed by atoms with van der Waals surface area (Å²) in [6, 6.07) is 0. The zero-order valence-electron chi connectivity index (χ0n) is 8.95. The summed E-state index contributed by atoms with van der Waals surface area (Å²) in [6.45, 7) is 0. The molecule has 0 saturated carbocycles. The van der Waals surface area contributed by atoms with Crippen molar-refractivity contribution in [3.63, 3.8) is 0 Å². The van der Waals surface area contributed by atoms with Crippen molar-refractivity contribution < 1.29 is 9.90 Å². The van der Waals surface area contributed by atoms with E-state index in [-0.39, 0.29) is 5.91 Å². The molecule has 88 valence electrons. The molecule has 0 aromatic carbocycles. The molecule has 0 aliphatic heterocycles. The van der Waals surface area contributed by atoms with Crippen molar-refractivity contribution in [2.24, 2.45) is 5.84 Å². The van der Waals surface area contributed by atoms with Crippen molar-refractivity contribution in [3.05, 3.63) is 16.0 Å². The molecule has 1 aliphatic rings. The molecule has 0 radical (unpaired) electrons. The smallest absolute Gasteiger partial charge is 0.275 e. The predicted octanol–water partition coefficient (Wildman–Crippen LogP) is 1.44. The number of fused-ring (bicyclic) bond motifs is 1. The average molecular weight is 258 g/mol. The molecule has 1 heterocycles. The van der Waals surface area contributed by atoms with E-state index in [0.29, 0.717) is 4.88 Å². The molecular weight excluding hydrogens is 244 g/mol. The number of amides is 1. The van der Waals surface area contributed by atoms with Crippen LogP contribution in [-0.2, 0) is 6.42 Å². The highest BCUT2D eigenvalue weighted by atomic mass is 32.2. The van der Waals surface area contributed by atoms with Gasteiger partial charge in [-0.2, -0.15) is 0 Å². The van der Waals surface area contributed by atoms with Gasteiger partial charge in [-0.05, 0) is 31.1 Å². The number of rotatable bonds is 2. The van der Waals surface area contributed by atoms with Gasteiger partial charge in [0.05, 0.1) is 15.2 Å². The van der Waals surface area contributed by atoms with Crippen LogP contribution in [0.25, 0.3) is 0 Å². The number of aliphatic hydroxyl groups excluding tert-OH is 1. The molecule has 1 atom stereocenters. The van der Waals surface area contributed by atoms with Crippen LogP contribution in [0.4, 0.5) is 0 Å². The minimum atomic E-state index is -0.429. The fourth-order valence-electron chi connectivity index (χ4n) is 2.06. The fourth-order valence-corrected chi connectivity index (χ4v) is 4.16. The summed E-state index contributed by atoms with van der Waals surface area (Å²) in [5.41, 5.74) is 4.09. The number of carbonyl (C=O) groups is 1. The number of thiophene rings is 1. The van der Waals surface area contributed by atoms with Crippen LogP contribution in [0.5, 0.6) is 0 Å². The van der Waals surface area contributed by atoms with Crippen molar-refractivity contribution in [2.75, 3.05) is 6.26 Å². The minimum absolute atomic E-state index is 0.254.